The van der Waals surface area contributed by atoms with E-state index in [1.54, 1.807) is 12.1 Å². The molecule has 0 saturated heterocycles. The summed E-state index contributed by atoms with van der Waals surface area (Å²) in [7, 11) is -9.12. The molecule has 5 rings (SSSR count). The second kappa shape index (κ2) is 28.9. The van der Waals surface area contributed by atoms with Crippen LogP contribution in [0.5, 0.6) is 0 Å². The van der Waals surface area contributed by atoms with E-state index in [2.05, 4.69) is 28.2 Å². The van der Waals surface area contributed by atoms with Crippen LogP contribution in [0.2, 0.25) is 0 Å². The molecule has 2 heterocycles. The van der Waals surface area contributed by atoms with Gasteiger partial charge in [0.15, 0.2) is 5.71 Å². The van der Waals surface area contributed by atoms with E-state index in [0.29, 0.717) is 61.4 Å². The first-order chi connectivity index (χ1) is 30.8. The summed E-state index contributed by atoms with van der Waals surface area (Å²) in [4.78, 5) is 13.7. The Hall–Kier alpha value is -1.16. The standard InChI is InChI=1S/C45H54N2O14S4.3Na/c1-44(2)37-30-35(63-61-59-51)21-23-39(37)47(26-6-8-28-64(52,53)54)41(44)18-11-15-33(34-17-9-13-32(29-34)14-10-20-43(48)49)16-12-19-42-45(3,4)38-31-36(65(55,56)57)22-24-40(38)46(42)25-5-7-27-62-60-58-50;;;/h9,11-13,15-19,21-24,29-31H,5-8,10,14,20,25-28H2,1-4H3,(H4-,48,49,50,51,52,53,54,55,56,57);;;/q;3*+1/p-3. The van der Waals surface area contributed by atoms with Crippen molar-refractivity contribution in [2.24, 2.45) is 0 Å². The van der Waals surface area contributed by atoms with Crippen molar-refractivity contribution in [3.63, 3.8) is 0 Å². The number of allylic oxidation sites excluding steroid dienone is 8. The number of anilines is 1. The first kappa shape index (κ1) is 63.0. The van der Waals surface area contributed by atoms with Gasteiger partial charge in [-0.15, -0.1) is 0 Å². The third kappa shape index (κ3) is 17.5. The topological polar surface area (TPSA) is 241 Å². The van der Waals surface area contributed by atoms with Gasteiger partial charge >= 0.3 is 94.6 Å². The number of carboxylic acids is 1. The maximum Gasteiger partial charge on any atom is 1.00 e. The van der Waals surface area contributed by atoms with Crippen LogP contribution >= 0.6 is 24.1 Å². The Morgan fingerprint density at radius 2 is 1.57 bits per heavy atom. The van der Waals surface area contributed by atoms with Crippen molar-refractivity contribution in [1.82, 2.24) is 0 Å². The summed E-state index contributed by atoms with van der Waals surface area (Å²) in [6, 6.07) is 17.8. The van der Waals surface area contributed by atoms with Crippen molar-refractivity contribution in [1.29, 1.82) is 0 Å². The van der Waals surface area contributed by atoms with E-state index in [-0.39, 0.29) is 106 Å². The fraction of sp³-hybridized carbons (Fsp3) is 0.378. The van der Waals surface area contributed by atoms with Crippen LogP contribution in [0.25, 0.3) is 5.57 Å². The molecule has 0 atom stereocenters. The minimum atomic E-state index is -4.73. The zero-order valence-corrected chi connectivity index (χ0v) is 48.6. The monoisotopic (exact) mass is 1040 g/mol. The molecule has 23 heteroatoms. The zero-order chi connectivity index (χ0) is 47.4. The number of aliphatic carboxylic acids is 1. The smallest absolute Gasteiger partial charge is 0.748 e. The van der Waals surface area contributed by atoms with E-state index in [1.807, 2.05) is 101 Å². The Morgan fingerprint density at radius 1 is 0.838 bits per heavy atom. The number of carbonyl (C=O) groups is 1. The van der Waals surface area contributed by atoms with Crippen LogP contribution in [0.3, 0.4) is 0 Å². The number of rotatable bonds is 25. The van der Waals surface area contributed by atoms with Gasteiger partial charge in [0.05, 0.1) is 32.5 Å². The van der Waals surface area contributed by atoms with Gasteiger partial charge in [-0.3, -0.25) is 14.9 Å². The summed E-state index contributed by atoms with van der Waals surface area (Å²) in [6.07, 6.45) is 14.6. The molecule has 0 spiro atoms. The summed E-state index contributed by atoms with van der Waals surface area (Å²) in [5.74, 6) is -0.860. The Balaban J connectivity index is 0.00000529. The van der Waals surface area contributed by atoms with Gasteiger partial charge in [-0.2, -0.15) is 13.2 Å². The molecule has 0 bridgehead atoms. The maximum atomic E-state index is 12.1. The number of carboxylic acid groups (broad SMARTS) is 1. The van der Waals surface area contributed by atoms with Crippen LogP contribution in [0, 0.1) is 0 Å². The second-order valence-electron chi connectivity index (χ2n) is 16.4. The molecule has 16 nitrogen and oxygen atoms in total. The van der Waals surface area contributed by atoms with Crippen LogP contribution in [-0.4, -0.2) is 71.9 Å². The van der Waals surface area contributed by atoms with Crippen molar-refractivity contribution in [2.75, 3.05) is 29.5 Å². The average Bonchev–Trinajstić information content (AvgIpc) is 3.58. The van der Waals surface area contributed by atoms with Gasteiger partial charge in [0.2, 0.25) is 5.69 Å². The minimum Gasteiger partial charge on any atom is -0.748 e. The van der Waals surface area contributed by atoms with Gasteiger partial charge in [0.1, 0.15) is 16.7 Å². The van der Waals surface area contributed by atoms with Crippen molar-refractivity contribution < 1.29 is 158 Å². The summed E-state index contributed by atoms with van der Waals surface area (Å²) < 4.78 is 81.5. The van der Waals surface area contributed by atoms with Crippen molar-refractivity contribution in [2.45, 2.75) is 93.3 Å². The Labute approximate surface area is 473 Å². The van der Waals surface area contributed by atoms with E-state index >= 15 is 0 Å². The molecule has 3 aromatic rings. The molecule has 0 aromatic heterocycles. The SMILES string of the molecule is CC1(C)C(/C=C/C=C(/C=C/C=C2/N(CCCCSOO[O-])c3ccc(S(=O)(=O)[O-])cc3C2(C)C)c2cccc(CCCC(=O)O)c2)=[N+](CCCCS(=O)(=O)[O-])c2ccc(SOO[O-])cc21.[Na+].[Na+].[Na+]. The van der Waals surface area contributed by atoms with Gasteiger partial charge in [-0.25, -0.2) is 16.8 Å². The first-order valence-corrected chi connectivity index (χ1v) is 25.3. The average molecular weight is 1040 g/mol. The molecular weight excluding hydrogens is 990 g/mol. The number of benzene rings is 3. The van der Waals surface area contributed by atoms with Gasteiger partial charge in [0.25, 0.3) is 0 Å². The minimum absolute atomic E-state index is 0. The largest absolute Gasteiger partial charge is 1.00 e. The fourth-order valence-corrected chi connectivity index (χ4v) is 10.0. The molecule has 0 unspecified atom stereocenters. The summed E-state index contributed by atoms with van der Waals surface area (Å²) in [5.41, 5.74) is 6.24. The number of unbranched alkanes of at least 4 members (excludes halogenated alkanes) is 2. The van der Waals surface area contributed by atoms with Gasteiger partial charge < -0.3 is 29.6 Å². The van der Waals surface area contributed by atoms with E-state index in [0.717, 1.165) is 69.1 Å². The summed E-state index contributed by atoms with van der Waals surface area (Å²) >= 11 is 1.67. The van der Waals surface area contributed by atoms with Crippen LogP contribution < -0.4 is 104 Å². The molecular formula is C45H51N2Na3O14S4. The molecule has 0 fully saturated rings. The summed E-state index contributed by atoms with van der Waals surface area (Å²) in [5, 5.41) is 37.1. The van der Waals surface area contributed by atoms with E-state index in [4.69, 9.17) is 0 Å². The molecule has 0 radical (unpaired) electrons. The molecule has 2 aliphatic rings. The van der Waals surface area contributed by atoms with Gasteiger partial charge in [-0.1, -0.05) is 62.4 Å². The van der Waals surface area contributed by atoms with Gasteiger partial charge in [-0.05, 0) is 105 Å². The number of aryl methyl sites for hydroxylation is 1. The molecule has 3 aromatic carbocycles. The van der Waals surface area contributed by atoms with E-state index in [9.17, 15) is 46.4 Å². The van der Waals surface area contributed by atoms with Crippen molar-refractivity contribution in [3.8, 4) is 0 Å². The zero-order valence-electron chi connectivity index (χ0n) is 39.3. The van der Waals surface area contributed by atoms with Crippen LogP contribution in [0.4, 0.5) is 11.4 Å². The van der Waals surface area contributed by atoms with Crippen molar-refractivity contribution >= 4 is 73.0 Å². The maximum absolute atomic E-state index is 12.1. The second-order valence-corrected chi connectivity index (χ2v) is 20.9. The number of fused-ring (bicyclic) bond motifs is 2. The third-order valence-corrected chi connectivity index (χ3v) is 14.1. The van der Waals surface area contributed by atoms with E-state index in [1.165, 1.54) is 12.1 Å². The van der Waals surface area contributed by atoms with Crippen LogP contribution in [-0.2, 0) is 61.0 Å². The Morgan fingerprint density at radius 3 is 2.25 bits per heavy atom. The molecule has 1 N–H and O–H groups in total. The number of nitrogens with zero attached hydrogens (tertiary/aromatic N) is 2. The Kier molecular flexibility index (Phi) is 26.8. The van der Waals surface area contributed by atoms with Crippen LogP contribution in [0.15, 0.2) is 113 Å². The van der Waals surface area contributed by atoms with E-state index < -0.39 is 42.8 Å². The molecule has 68 heavy (non-hydrogen) atoms. The van der Waals surface area contributed by atoms with Gasteiger partial charge in [0, 0.05) is 82.3 Å². The predicted molar refractivity (Wildman–Crippen MR) is 241 cm³/mol. The fourth-order valence-electron chi connectivity index (χ4n) is 8.17. The molecule has 2 aliphatic heterocycles. The molecule has 0 aliphatic carbocycles. The molecule has 0 saturated carbocycles. The third-order valence-electron chi connectivity index (χ3n) is 11.3. The number of hydrogen-bond donors (Lipinski definition) is 1. The van der Waals surface area contributed by atoms with Crippen LogP contribution in [0.1, 0.15) is 88.5 Å². The number of hydrogen-bond acceptors (Lipinski definition) is 16. The summed E-state index contributed by atoms with van der Waals surface area (Å²) in [6.45, 7) is 8.94. The predicted octanol–water partition coefficient (Wildman–Crippen LogP) is -2.53. The quantitative estimate of drug-likeness (QED) is 0.0135. The molecule has 0 amide bonds. The first-order valence-electron chi connectivity index (χ1n) is 20.7. The van der Waals surface area contributed by atoms with Crippen molar-refractivity contribution in [3.05, 3.63) is 125 Å². The molecule has 352 valence electrons. The Bertz CT molecular complexity index is 2590. The normalized spacial score (nSPS) is 15.9.